The van der Waals surface area contributed by atoms with Crippen LogP contribution in [0.3, 0.4) is 0 Å². The first-order valence-corrected chi connectivity index (χ1v) is 23.1. The van der Waals surface area contributed by atoms with E-state index in [1.54, 1.807) is 0 Å². The van der Waals surface area contributed by atoms with Gasteiger partial charge in [-0.3, -0.25) is 14.4 Å². The van der Waals surface area contributed by atoms with Gasteiger partial charge >= 0.3 is 17.9 Å². The molecule has 57 heavy (non-hydrogen) atoms. The molecule has 0 heterocycles. The van der Waals surface area contributed by atoms with Crippen LogP contribution in [0, 0.1) is 0 Å². The van der Waals surface area contributed by atoms with Gasteiger partial charge in [0, 0.05) is 19.3 Å². The first kappa shape index (κ1) is 53.6. The van der Waals surface area contributed by atoms with E-state index in [-0.39, 0.29) is 37.5 Å². The number of allylic oxidation sites excluding steroid dienone is 14. The molecule has 0 saturated carbocycles. The van der Waals surface area contributed by atoms with E-state index in [2.05, 4.69) is 93.7 Å². The summed E-state index contributed by atoms with van der Waals surface area (Å²) >= 11 is 0. The minimum absolute atomic E-state index is 0.105. The third kappa shape index (κ3) is 43.6. The Morgan fingerprint density at radius 1 is 0.368 bits per heavy atom. The van der Waals surface area contributed by atoms with E-state index in [0.29, 0.717) is 19.3 Å². The average molecular weight is 793 g/mol. The topological polar surface area (TPSA) is 78.9 Å². The Morgan fingerprint density at radius 2 is 0.719 bits per heavy atom. The van der Waals surface area contributed by atoms with Crippen molar-refractivity contribution in [2.45, 2.75) is 207 Å². The molecule has 0 aromatic rings. The highest BCUT2D eigenvalue weighted by molar-refractivity contribution is 5.71. The van der Waals surface area contributed by atoms with Gasteiger partial charge in [-0.1, -0.05) is 183 Å². The first-order valence-electron chi connectivity index (χ1n) is 23.1. The summed E-state index contributed by atoms with van der Waals surface area (Å²) in [6.45, 7) is 6.34. The summed E-state index contributed by atoms with van der Waals surface area (Å²) in [5.74, 6) is -1.02. The lowest BCUT2D eigenvalue weighted by molar-refractivity contribution is -0.166. The number of esters is 3. The highest BCUT2D eigenvalue weighted by atomic mass is 16.6. The molecular weight excluding hydrogens is 709 g/mol. The van der Waals surface area contributed by atoms with Gasteiger partial charge in [0.05, 0.1) is 0 Å². The molecule has 0 bridgehead atoms. The molecule has 6 nitrogen and oxygen atoms in total. The minimum atomic E-state index is -0.806. The molecule has 1 unspecified atom stereocenters. The van der Waals surface area contributed by atoms with Crippen LogP contribution >= 0.6 is 0 Å². The van der Waals surface area contributed by atoms with Crippen LogP contribution in [0.5, 0.6) is 0 Å². The van der Waals surface area contributed by atoms with Crippen LogP contribution in [0.15, 0.2) is 85.1 Å². The van der Waals surface area contributed by atoms with Gasteiger partial charge in [-0.15, -0.1) is 0 Å². The van der Waals surface area contributed by atoms with Crippen molar-refractivity contribution >= 4 is 17.9 Å². The van der Waals surface area contributed by atoms with Crippen molar-refractivity contribution in [1.82, 2.24) is 0 Å². The minimum Gasteiger partial charge on any atom is -0.462 e. The SMILES string of the molecule is CC/C=C\C/C=C\C/C=C\C/C=C\C/C=C\C/C=C\CCC(=O)OCC(COC(=O)CCCCCCC)OC(=O)CCCCCCC/C=C\CCCCCCCC. The molecule has 0 aliphatic rings. The number of hydrogen-bond acceptors (Lipinski definition) is 6. The Balaban J connectivity index is 4.37. The monoisotopic (exact) mass is 793 g/mol. The zero-order chi connectivity index (χ0) is 41.5. The molecule has 0 aliphatic heterocycles. The summed E-state index contributed by atoms with van der Waals surface area (Å²) in [4.78, 5) is 37.5. The number of ether oxygens (including phenoxy) is 3. The van der Waals surface area contributed by atoms with Crippen LogP contribution in [0.2, 0.25) is 0 Å². The molecule has 0 saturated heterocycles. The Hall–Kier alpha value is -3.41. The summed E-state index contributed by atoms with van der Waals surface area (Å²) in [7, 11) is 0. The molecule has 0 amide bonds. The van der Waals surface area contributed by atoms with Crippen molar-refractivity contribution in [3.63, 3.8) is 0 Å². The van der Waals surface area contributed by atoms with E-state index in [9.17, 15) is 14.4 Å². The van der Waals surface area contributed by atoms with Crippen molar-refractivity contribution in [3.8, 4) is 0 Å². The van der Waals surface area contributed by atoms with E-state index in [1.165, 1.54) is 51.4 Å². The number of carbonyl (C=O) groups is 3. The molecule has 1 atom stereocenters. The molecular formula is C51H84O6. The van der Waals surface area contributed by atoms with Gasteiger partial charge in [-0.05, 0) is 83.5 Å². The number of rotatable bonds is 40. The Kier molecular flexibility index (Phi) is 42.6. The van der Waals surface area contributed by atoms with E-state index >= 15 is 0 Å². The Labute approximate surface area is 350 Å². The fourth-order valence-corrected chi connectivity index (χ4v) is 5.93. The second kappa shape index (κ2) is 45.3. The molecule has 0 N–H and O–H groups in total. The van der Waals surface area contributed by atoms with Gasteiger partial charge < -0.3 is 14.2 Å². The summed E-state index contributed by atoms with van der Waals surface area (Å²) in [5.41, 5.74) is 0. The van der Waals surface area contributed by atoms with Crippen molar-refractivity contribution in [2.24, 2.45) is 0 Å². The van der Waals surface area contributed by atoms with Crippen molar-refractivity contribution in [1.29, 1.82) is 0 Å². The van der Waals surface area contributed by atoms with Crippen LogP contribution in [0.25, 0.3) is 0 Å². The summed E-state index contributed by atoms with van der Waals surface area (Å²) in [6.07, 6.45) is 57.5. The summed E-state index contributed by atoms with van der Waals surface area (Å²) in [6, 6.07) is 0. The predicted molar refractivity (Wildman–Crippen MR) is 242 cm³/mol. The quantitative estimate of drug-likeness (QED) is 0.0266. The van der Waals surface area contributed by atoms with Crippen molar-refractivity contribution < 1.29 is 28.6 Å². The van der Waals surface area contributed by atoms with Gasteiger partial charge in [0.2, 0.25) is 0 Å². The predicted octanol–water partition coefficient (Wildman–Crippen LogP) is 14.9. The van der Waals surface area contributed by atoms with E-state index in [4.69, 9.17) is 14.2 Å². The number of carbonyl (C=O) groups excluding carboxylic acids is 3. The van der Waals surface area contributed by atoms with Crippen LogP contribution in [-0.4, -0.2) is 37.2 Å². The number of hydrogen-bond donors (Lipinski definition) is 0. The highest BCUT2D eigenvalue weighted by Gasteiger charge is 2.19. The van der Waals surface area contributed by atoms with Gasteiger partial charge in [-0.2, -0.15) is 0 Å². The maximum absolute atomic E-state index is 12.7. The summed E-state index contributed by atoms with van der Waals surface area (Å²) < 4.78 is 16.5. The lowest BCUT2D eigenvalue weighted by Gasteiger charge is -2.18. The molecule has 324 valence electrons. The first-order chi connectivity index (χ1) is 28.0. The lowest BCUT2D eigenvalue weighted by Crippen LogP contribution is -2.30. The van der Waals surface area contributed by atoms with E-state index in [1.807, 2.05) is 12.2 Å². The average Bonchev–Trinajstić information content (AvgIpc) is 3.21. The van der Waals surface area contributed by atoms with Gasteiger partial charge in [0.25, 0.3) is 0 Å². The van der Waals surface area contributed by atoms with E-state index < -0.39 is 6.10 Å². The molecule has 0 aliphatic carbocycles. The second-order valence-electron chi connectivity index (χ2n) is 14.9. The Morgan fingerprint density at radius 3 is 1.18 bits per heavy atom. The van der Waals surface area contributed by atoms with Crippen molar-refractivity contribution in [2.75, 3.05) is 13.2 Å². The fourth-order valence-electron chi connectivity index (χ4n) is 5.93. The molecule has 0 rings (SSSR count). The third-order valence-electron chi connectivity index (χ3n) is 9.40. The van der Waals surface area contributed by atoms with Crippen LogP contribution in [0.1, 0.15) is 201 Å². The third-order valence-corrected chi connectivity index (χ3v) is 9.40. The zero-order valence-electron chi connectivity index (χ0n) is 36.8. The van der Waals surface area contributed by atoms with Gasteiger partial charge in [0.1, 0.15) is 13.2 Å². The molecule has 0 fully saturated rings. The normalized spacial score (nSPS) is 12.8. The lowest BCUT2D eigenvalue weighted by atomic mass is 10.1. The fraction of sp³-hybridized carbons (Fsp3) is 0.667. The van der Waals surface area contributed by atoms with Gasteiger partial charge in [0.15, 0.2) is 6.10 Å². The van der Waals surface area contributed by atoms with Gasteiger partial charge in [-0.25, -0.2) is 0 Å². The maximum Gasteiger partial charge on any atom is 0.306 e. The zero-order valence-corrected chi connectivity index (χ0v) is 36.8. The highest BCUT2D eigenvalue weighted by Crippen LogP contribution is 2.12. The molecule has 0 spiro atoms. The van der Waals surface area contributed by atoms with Crippen LogP contribution < -0.4 is 0 Å². The molecule has 0 aromatic carbocycles. The van der Waals surface area contributed by atoms with Crippen molar-refractivity contribution in [3.05, 3.63) is 85.1 Å². The van der Waals surface area contributed by atoms with E-state index in [0.717, 1.165) is 103 Å². The number of unbranched alkanes of at least 4 members (excludes halogenated alkanes) is 15. The second-order valence-corrected chi connectivity index (χ2v) is 14.9. The summed E-state index contributed by atoms with van der Waals surface area (Å²) in [5, 5.41) is 0. The largest absolute Gasteiger partial charge is 0.462 e. The molecule has 0 aromatic heterocycles. The molecule has 0 radical (unpaired) electrons. The Bertz CT molecular complexity index is 1140. The maximum atomic E-state index is 12.7. The van der Waals surface area contributed by atoms with Crippen LogP contribution in [-0.2, 0) is 28.6 Å². The standard InChI is InChI=1S/C51H84O6/c1-4-7-10-13-15-17-19-21-23-24-25-26-28-29-31-33-35-38-41-44-50(53)56-47-48(46-55-49(52)43-40-37-12-9-6-3)57-51(54)45-42-39-36-34-32-30-27-22-20-18-16-14-11-8-5-2/h7,10,15,17,21-23,25-27,29,31,35,38,48H,4-6,8-9,11-14,16,18-20,24,28,30,32-34,36-37,39-47H2,1-3H3/b10-7-,17-15-,23-21-,26-25-,27-22-,31-29-,38-35-. The van der Waals surface area contributed by atoms with Crippen LogP contribution in [0.4, 0.5) is 0 Å². The smallest absolute Gasteiger partial charge is 0.306 e. The molecule has 6 heteroatoms.